The summed E-state index contributed by atoms with van der Waals surface area (Å²) in [5, 5.41) is 3.16. The molecule has 0 aromatic carbocycles. The third kappa shape index (κ3) is 0.570. The molecule has 1 saturated heterocycles. The topological polar surface area (TPSA) is 29.1 Å². The lowest BCUT2D eigenvalue weighted by atomic mass is 9.67. The van der Waals surface area contributed by atoms with Crippen LogP contribution in [0.2, 0.25) is 0 Å². The van der Waals surface area contributed by atoms with Crippen molar-refractivity contribution in [3.8, 4) is 0 Å². The Labute approximate surface area is 79.1 Å². The van der Waals surface area contributed by atoms with Gasteiger partial charge in [0.05, 0.1) is 0 Å². The first-order valence-electron chi connectivity index (χ1n) is 5.28. The maximum atomic E-state index is 11.7. The molecular weight excluding hydrogens is 162 g/mol. The molecule has 2 nitrogen and oxygen atoms in total. The van der Waals surface area contributed by atoms with E-state index >= 15 is 0 Å². The van der Waals surface area contributed by atoms with Gasteiger partial charge in [0.25, 0.3) is 0 Å². The minimum atomic E-state index is 0.245. The first-order valence-corrected chi connectivity index (χ1v) is 5.28. The van der Waals surface area contributed by atoms with Crippen LogP contribution in [0.1, 0.15) is 33.6 Å². The van der Waals surface area contributed by atoms with Crippen LogP contribution in [0.4, 0.5) is 0 Å². The second-order valence-electron chi connectivity index (χ2n) is 5.79. The lowest BCUT2D eigenvalue weighted by Gasteiger charge is -2.36. The van der Waals surface area contributed by atoms with E-state index in [2.05, 4.69) is 26.1 Å². The van der Waals surface area contributed by atoms with Crippen molar-refractivity contribution in [2.24, 2.45) is 22.7 Å². The van der Waals surface area contributed by atoms with Crippen molar-refractivity contribution in [3.05, 3.63) is 0 Å². The van der Waals surface area contributed by atoms with Crippen LogP contribution >= 0.6 is 0 Å². The van der Waals surface area contributed by atoms with Gasteiger partial charge in [0, 0.05) is 17.4 Å². The van der Waals surface area contributed by atoms with E-state index in [1.54, 1.807) is 0 Å². The standard InChI is InChI=1S/C11H17NO/c1-10(2)6-4-7-9(13)12-8(5-6)11(7,10)3/h6-8H,4-5H2,1-3H3,(H,12,13)/t6-,7+,8+,11+/m0/s1. The van der Waals surface area contributed by atoms with E-state index in [1.807, 2.05) is 0 Å². The van der Waals surface area contributed by atoms with Crippen LogP contribution in [0, 0.1) is 22.7 Å². The first-order chi connectivity index (χ1) is 5.98. The number of carbonyl (C=O) groups is 1. The summed E-state index contributed by atoms with van der Waals surface area (Å²) in [7, 11) is 0. The molecule has 3 rings (SSSR count). The number of amides is 1. The largest absolute Gasteiger partial charge is 0.353 e. The van der Waals surface area contributed by atoms with Crippen molar-refractivity contribution in [1.29, 1.82) is 0 Å². The molecule has 2 aliphatic carbocycles. The minimum Gasteiger partial charge on any atom is -0.353 e. The zero-order chi connectivity index (χ0) is 9.43. The van der Waals surface area contributed by atoms with E-state index in [9.17, 15) is 4.79 Å². The molecule has 1 N–H and O–H groups in total. The molecule has 13 heavy (non-hydrogen) atoms. The highest BCUT2D eigenvalue weighted by Crippen LogP contribution is 2.70. The Morgan fingerprint density at radius 1 is 1.31 bits per heavy atom. The molecule has 0 spiro atoms. The fraction of sp³-hybridized carbons (Fsp3) is 0.909. The second kappa shape index (κ2) is 1.79. The highest BCUT2D eigenvalue weighted by molar-refractivity contribution is 5.84. The predicted molar refractivity (Wildman–Crippen MR) is 50.0 cm³/mol. The van der Waals surface area contributed by atoms with Gasteiger partial charge in [-0.05, 0) is 24.2 Å². The van der Waals surface area contributed by atoms with Gasteiger partial charge in [-0.2, -0.15) is 0 Å². The van der Waals surface area contributed by atoms with E-state index < -0.39 is 0 Å². The summed E-state index contributed by atoms with van der Waals surface area (Å²) in [5.41, 5.74) is 0.607. The lowest BCUT2D eigenvalue weighted by Crippen LogP contribution is -2.38. The van der Waals surface area contributed by atoms with Gasteiger partial charge in [0.1, 0.15) is 0 Å². The average molecular weight is 179 g/mol. The summed E-state index contributed by atoms with van der Waals surface area (Å²) in [6.45, 7) is 7.00. The molecule has 2 heteroatoms. The molecule has 2 bridgehead atoms. The second-order valence-corrected chi connectivity index (χ2v) is 5.79. The lowest BCUT2D eigenvalue weighted by molar-refractivity contribution is -0.123. The summed E-state index contributed by atoms with van der Waals surface area (Å²) in [5.74, 6) is 1.40. The van der Waals surface area contributed by atoms with E-state index in [0.29, 0.717) is 23.3 Å². The number of nitrogens with one attached hydrogen (secondary N) is 1. The number of carbonyl (C=O) groups excluding carboxylic acids is 1. The van der Waals surface area contributed by atoms with Crippen LogP contribution in [-0.4, -0.2) is 11.9 Å². The molecule has 0 aromatic heterocycles. The van der Waals surface area contributed by atoms with Crippen LogP contribution in [-0.2, 0) is 4.79 Å². The smallest absolute Gasteiger partial charge is 0.224 e. The van der Waals surface area contributed by atoms with Crippen LogP contribution in [0.15, 0.2) is 0 Å². The summed E-state index contributed by atoms with van der Waals surface area (Å²) >= 11 is 0. The van der Waals surface area contributed by atoms with Crippen molar-refractivity contribution < 1.29 is 4.79 Å². The number of hydrogen-bond donors (Lipinski definition) is 1. The predicted octanol–water partition coefficient (Wildman–Crippen LogP) is 1.56. The van der Waals surface area contributed by atoms with E-state index in [4.69, 9.17) is 0 Å². The monoisotopic (exact) mass is 179 g/mol. The Balaban J connectivity index is 2.18. The van der Waals surface area contributed by atoms with Crippen molar-refractivity contribution in [2.45, 2.75) is 39.7 Å². The molecule has 2 saturated carbocycles. The number of fused-ring (bicyclic) bond motifs is 1. The van der Waals surface area contributed by atoms with Gasteiger partial charge < -0.3 is 5.32 Å². The molecular formula is C11H17NO. The zero-order valence-corrected chi connectivity index (χ0v) is 8.55. The molecule has 3 fully saturated rings. The number of hydrogen-bond acceptors (Lipinski definition) is 1. The van der Waals surface area contributed by atoms with E-state index in [0.717, 1.165) is 12.3 Å². The summed E-state index contributed by atoms with van der Waals surface area (Å²) in [4.78, 5) is 11.7. The van der Waals surface area contributed by atoms with Gasteiger partial charge in [-0.25, -0.2) is 0 Å². The maximum Gasteiger partial charge on any atom is 0.224 e. The SMILES string of the molecule is CC1(C)[C@H]2C[C@@H]3C(=O)N[C@H](C2)[C@@]31C. The van der Waals surface area contributed by atoms with Crippen LogP contribution < -0.4 is 5.32 Å². The molecule has 1 amide bonds. The van der Waals surface area contributed by atoms with Crippen molar-refractivity contribution in [1.82, 2.24) is 5.32 Å². The molecule has 1 aliphatic heterocycles. The fourth-order valence-corrected chi connectivity index (χ4v) is 4.19. The Bertz CT molecular complexity index is 296. The fourth-order valence-electron chi connectivity index (χ4n) is 4.19. The maximum absolute atomic E-state index is 11.7. The van der Waals surface area contributed by atoms with Gasteiger partial charge >= 0.3 is 0 Å². The normalized spacial score (nSPS) is 55.6. The van der Waals surface area contributed by atoms with Gasteiger partial charge in [-0.1, -0.05) is 20.8 Å². The molecule has 3 aliphatic rings. The Kier molecular flexibility index (Phi) is 1.08. The van der Waals surface area contributed by atoms with Crippen molar-refractivity contribution >= 4 is 5.91 Å². The molecule has 4 atom stereocenters. The third-order valence-corrected chi connectivity index (χ3v) is 5.53. The summed E-state index contributed by atoms with van der Waals surface area (Å²) in [6, 6.07) is 0.471. The highest BCUT2D eigenvalue weighted by atomic mass is 16.2. The molecule has 1 heterocycles. The zero-order valence-electron chi connectivity index (χ0n) is 8.55. The van der Waals surface area contributed by atoms with Crippen LogP contribution in [0.5, 0.6) is 0 Å². The van der Waals surface area contributed by atoms with Crippen LogP contribution in [0.25, 0.3) is 0 Å². The molecule has 72 valence electrons. The average Bonchev–Trinajstić information content (AvgIpc) is 2.43. The molecule has 0 aromatic rings. The Morgan fingerprint density at radius 2 is 2.00 bits per heavy atom. The minimum absolute atomic E-state index is 0.245. The van der Waals surface area contributed by atoms with Crippen molar-refractivity contribution in [2.75, 3.05) is 0 Å². The summed E-state index contributed by atoms with van der Waals surface area (Å²) in [6.07, 6.45) is 2.34. The highest BCUT2D eigenvalue weighted by Gasteiger charge is 2.71. The summed E-state index contributed by atoms with van der Waals surface area (Å²) < 4.78 is 0. The quantitative estimate of drug-likeness (QED) is 0.600. The van der Waals surface area contributed by atoms with Crippen molar-refractivity contribution in [3.63, 3.8) is 0 Å². The van der Waals surface area contributed by atoms with Gasteiger partial charge in [-0.3, -0.25) is 4.79 Å². The van der Waals surface area contributed by atoms with Gasteiger partial charge in [0.15, 0.2) is 0 Å². The van der Waals surface area contributed by atoms with Gasteiger partial charge in [0.2, 0.25) is 5.91 Å². The first kappa shape index (κ1) is 7.84. The number of rotatable bonds is 0. The molecule has 0 unspecified atom stereocenters. The third-order valence-electron chi connectivity index (χ3n) is 5.53. The van der Waals surface area contributed by atoms with E-state index in [1.165, 1.54) is 6.42 Å². The molecule has 0 radical (unpaired) electrons. The van der Waals surface area contributed by atoms with Gasteiger partial charge in [-0.15, -0.1) is 0 Å². The van der Waals surface area contributed by atoms with Crippen LogP contribution in [0.3, 0.4) is 0 Å². The Morgan fingerprint density at radius 3 is 2.46 bits per heavy atom. The van der Waals surface area contributed by atoms with E-state index in [-0.39, 0.29) is 5.41 Å². The Hall–Kier alpha value is -0.530.